The molecule has 1 amide bonds. The van der Waals surface area contributed by atoms with Crippen LogP contribution in [0.2, 0.25) is 0 Å². The van der Waals surface area contributed by atoms with E-state index in [2.05, 4.69) is 0 Å². The lowest BCUT2D eigenvalue weighted by Gasteiger charge is -2.27. The Hall–Kier alpha value is -2.51. The zero-order valence-corrected chi connectivity index (χ0v) is 15.1. The highest BCUT2D eigenvalue weighted by atomic mass is 32.2. The van der Waals surface area contributed by atoms with Gasteiger partial charge in [0.1, 0.15) is 10.1 Å². The summed E-state index contributed by atoms with van der Waals surface area (Å²) in [5.74, 6) is -2.24. The van der Waals surface area contributed by atoms with Gasteiger partial charge in [-0.1, -0.05) is 66.4 Å². The number of halogens is 1. The van der Waals surface area contributed by atoms with Gasteiger partial charge in [0.2, 0.25) is 0 Å². The van der Waals surface area contributed by atoms with Crippen LogP contribution in [0.25, 0.3) is 6.08 Å². The first-order valence-corrected chi connectivity index (χ1v) is 8.95. The van der Waals surface area contributed by atoms with Gasteiger partial charge in [0, 0.05) is 0 Å². The van der Waals surface area contributed by atoms with Crippen LogP contribution in [0.5, 0.6) is 0 Å². The second-order valence-corrected chi connectivity index (χ2v) is 7.30. The topological polar surface area (TPSA) is 60.4 Å². The highest BCUT2D eigenvalue weighted by molar-refractivity contribution is 8.26. The molecule has 1 saturated heterocycles. The predicted octanol–water partition coefficient (Wildman–Crippen LogP) is 2.39. The van der Waals surface area contributed by atoms with E-state index >= 15 is 0 Å². The molecule has 0 aliphatic carbocycles. The van der Waals surface area contributed by atoms with Gasteiger partial charge >= 0.3 is 0 Å². The maximum atomic E-state index is 13.0. The second kappa shape index (κ2) is 7.80. The molecule has 2 aromatic rings. The molecular formula is C19H13FNO3S2-. The fourth-order valence-corrected chi connectivity index (χ4v) is 3.93. The Morgan fingerprint density at radius 1 is 1.19 bits per heavy atom. The molecule has 3 rings (SSSR count). The molecule has 1 atom stereocenters. The molecule has 4 nitrogen and oxygen atoms in total. The minimum Gasteiger partial charge on any atom is -0.548 e. The van der Waals surface area contributed by atoms with E-state index in [1.54, 1.807) is 30.3 Å². The Morgan fingerprint density at radius 3 is 2.46 bits per heavy atom. The minimum absolute atomic E-state index is 0.0967. The number of hydrogen-bond donors (Lipinski definition) is 0. The average Bonchev–Trinajstić information content (AvgIpc) is 2.89. The summed E-state index contributed by atoms with van der Waals surface area (Å²) in [6.45, 7) is 0. The largest absolute Gasteiger partial charge is 0.548 e. The molecule has 1 aliphatic heterocycles. The number of nitrogens with zero attached hydrogens (tertiary/aromatic N) is 1. The maximum absolute atomic E-state index is 13.0. The van der Waals surface area contributed by atoms with Gasteiger partial charge in [-0.05, 0) is 35.8 Å². The van der Waals surface area contributed by atoms with Crippen LogP contribution in [-0.4, -0.2) is 27.1 Å². The molecule has 26 heavy (non-hydrogen) atoms. The van der Waals surface area contributed by atoms with Crippen LogP contribution < -0.4 is 5.11 Å². The van der Waals surface area contributed by atoms with Gasteiger partial charge in [-0.2, -0.15) is 0 Å². The molecule has 0 unspecified atom stereocenters. The number of carbonyl (C=O) groups is 2. The first kappa shape index (κ1) is 18.3. The number of amides is 1. The number of carbonyl (C=O) groups excluding carboxylic acids is 2. The summed E-state index contributed by atoms with van der Waals surface area (Å²) < 4.78 is 13.2. The number of aliphatic carboxylic acids is 1. The molecule has 1 aliphatic rings. The summed E-state index contributed by atoms with van der Waals surface area (Å²) in [6.07, 6.45) is 1.66. The Bertz CT molecular complexity index is 881. The lowest BCUT2D eigenvalue weighted by molar-refractivity contribution is -0.310. The van der Waals surface area contributed by atoms with Gasteiger partial charge in [0.15, 0.2) is 0 Å². The van der Waals surface area contributed by atoms with Crippen LogP contribution in [-0.2, 0) is 16.0 Å². The highest BCUT2D eigenvalue weighted by Crippen LogP contribution is 2.34. The Labute approximate surface area is 159 Å². The highest BCUT2D eigenvalue weighted by Gasteiger charge is 2.37. The number of hydrogen-bond acceptors (Lipinski definition) is 5. The van der Waals surface area contributed by atoms with Crippen molar-refractivity contribution in [3.8, 4) is 0 Å². The van der Waals surface area contributed by atoms with Crippen LogP contribution in [0.3, 0.4) is 0 Å². The van der Waals surface area contributed by atoms with E-state index in [1.807, 2.05) is 6.07 Å². The first-order chi connectivity index (χ1) is 12.5. The van der Waals surface area contributed by atoms with Crippen molar-refractivity contribution in [2.24, 2.45) is 0 Å². The number of rotatable bonds is 5. The van der Waals surface area contributed by atoms with E-state index < -0.39 is 17.9 Å². The normalized spacial score (nSPS) is 17.0. The molecule has 0 radical (unpaired) electrons. The average molecular weight is 386 g/mol. The van der Waals surface area contributed by atoms with Crippen molar-refractivity contribution < 1.29 is 19.1 Å². The molecule has 132 valence electrons. The van der Waals surface area contributed by atoms with Gasteiger partial charge in [-0.15, -0.1) is 0 Å². The molecule has 0 N–H and O–H groups in total. The second-order valence-electron chi connectivity index (χ2n) is 5.63. The fourth-order valence-electron chi connectivity index (χ4n) is 2.58. The quantitative estimate of drug-likeness (QED) is 0.583. The number of carboxylic acids is 1. The van der Waals surface area contributed by atoms with Gasteiger partial charge in [-0.25, -0.2) is 4.39 Å². The van der Waals surface area contributed by atoms with Gasteiger partial charge < -0.3 is 9.90 Å². The zero-order valence-electron chi connectivity index (χ0n) is 13.4. The SMILES string of the molecule is O=C([O-])[C@H](Cc1ccccc1)N1C(=O)/C(=C/c2ccc(F)cc2)SC1=S. The van der Waals surface area contributed by atoms with Crippen molar-refractivity contribution in [3.05, 3.63) is 76.4 Å². The number of benzene rings is 2. The standard InChI is InChI=1S/C19H14FNO3S2/c20-14-8-6-13(7-9-14)11-16-17(22)21(19(25)26-16)15(18(23)24)10-12-4-2-1-3-5-12/h1-9,11,15H,10H2,(H,23,24)/p-1/b16-11-/t15-/m0/s1. The smallest absolute Gasteiger partial charge is 0.266 e. The Kier molecular flexibility index (Phi) is 5.49. The number of thiocarbonyl (C=S) groups is 1. The Balaban J connectivity index is 1.86. The maximum Gasteiger partial charge on any atom is 0.266 e. The van der Waals surface area contributed by atoms with E-state index in [4.69, 9.17) is 12.2 Å². The van der Waals surface area contributed by atoms with Crippen LogP contribution >= 0.6 is 24.0 Å². The zero-order chi connectivity index (χ0) is 18.7. The van der Waals surface area contributed by atoms with Crippen molar-refractivity contribution in [3.63, 3.8) is 0 Å². The minimum atomic E-state index is -1.37. The van der Waals surface area contributed by atoms with Crippen molar-refractivity contribution in [1.82, 2.24) is 4.90 Å². The molecule has 2 aromatic carbocycles. The van der Waals surface area contributed by atoms with E-state index in [0.29, 0.717) is 10.5 Å². The summed E-state index contributed by atoms with van der Waals surface area (Å²) in [6, 6.07) is 13.4. The van der Waals surface area contributed by atoms with Crippen LogP contribution in [0.4, 0.5) is 4.39 Å². The summed E-state index contributed by atoms with van der Waals surface area (Å²) in [5.41, 5.74) is 1.39. The predicted molar refractivity (Wildman–Crippen MR) is 100 cm³/mol. The molecule has 0 spiro atoms. The molecule has 0 saturated carbocycles. The van der Waals surface area contributed by atoms with Gasteiger partial charge in [-0.3, -0.25) is 9.69 Å². The third kappa shape index (κ3) is 4.00. The first-order valence-electron chi connectivity index (χ1n) is 7.73. The van der Waals surface area contributed by atoms with E-state index in [1.165, 1.54) is 24.3 Å². The molecule has 1 fully saturated rings. The van der Waals surface area contributed by atoms with Crippen LogP contribution in [0.1, 0.15) is 11.1 Å². The molecule has 0 aromatic heterocycles. The Morgan fingerprint density at radius 2 is 1.85 bits per heavy atom. The van der Waals surface area contributed by atoms with Crippen LogP contribution in [0, 0.1) is 5.82 Å². The van der Waals surface area contributed by atoms with Crippen molar-refractivity contribution >= 4 is 46.3 Å². The number of thioether (sulfide) groups is 1. The fraction of sp³-hybridized carbons (Fsp3) is 0.105. The van der Waals surface area contributed by atoms with Crippen LogP contribution in [0.15, 0.2) is 59.5 Å². The number of carboxylic acid groups (broad SMARTS) is 1. The van der Waals surface area contributed by atoms with E-state index in [-0.39, 0.29) is 16.6 Å². The molecule has 1 heterocycles. The lowest BCUT2D eigenvalue weighted by atomic mass is 10.0. The van der Waals surface area contributed by atoms with Gasteiger partial charge in [0.25, 0.3) is 5.91 Å². The van der Waals surface area contributed by atoms with Gasteiger partial charge in [0.05, 0.1) is 16.9 Å². The molecule has 0 bridgehead atoms. The monoisotopic (exact) mass is 386 g/mol. The third-order valence-electron chi connectivity index (χ3n) is 3.85. The van der Waals surface area contributed by atoms with E-state index in [9.17, 15) is 19.1 Å². The summed E-state index contributed by atoms with van der Waals surface area (Å²) in [5, 5.41) is 11.6. The molecular weight excluding hydrogens is 373 g/mol. The summed E-state index contributed by atoms with van der Waals surface area (Å²) in [7, 11) is 0. The van der Waals surface area contributed by atoms with Crippen molar-refractivity contribution in [1.29, 1.82) is 0 Å². The third-order valence-corrected chi connectivity index (χ3v) is 5.18. The van der Waals surface area contributed by atoms with Crippen molar-refractivity contribution in [2.45, 2.75) is 12.5 Å². The lowest BCUT2D eigenvalue weighted by Crippen LogP contribution is -2.51. The molecule has 7 heteroatoms. The van der Waals surface area contributed by atoms with E-state index in [0.717, 1.165) is 22.2 Å². The summed E-state index contributed by atoms with van der Waals surface area (Å²) >= 11 is 6.24. The van der Waals surface area contributed by atoms with Crippen molar-refractivity contribution in [2.75, 3.05) is 0 Å². The summed E-state index contributed by atoms with van der Waals surface area (Å²) in [4.78, 5) is 25.7.